The number of benzene rings is 1. The third-order valence-electron chi connectivity index (χ3n) is 3.50. The molecule has 3 nitrogen and oxygen atoms in total. The number of hydrogen-bond donors (Lipinski definition) is 1. The quantitative estimate of drug-likeness (QED) is 0.912. The average Bonchev–Trinajstić information content (AvgIpc) is 2.66. The molecular weight excluding hydrogens is 246 g/mol. The molecule has 1 aromatic rings. The Morgan fingerprint density at radius 1 is 1.22 bits per heavy atom. The molecule has 0 aliphatic carbocycles. The third kappa shape index (κ3) is 2.75. The van der Waals surface area contributed by atoms with E-state index < -0.39 is 9.84 Å². The van der Waals surface area contributed by atoms with Gasteiger partial charge in [-0.3, -0.25) is 0 Å². The summed E-state index contributed by atoms with van der Waals surface area (Å²) in [4.78, 5) is 0.529. The van der Waals surface area contributed by atoms with E-state index in [0.29, 0.717) is 4.90 Å². The highest BCUT2D eigenvalue weighted by molar-refractivity contribution is 7.91. The number of aryl methyl sites for hydroxylation is 3. The van der Waals surface area contributed by atoms with Gasteiger partial charge >= 0.3 is 0 Å². The molecule has 18 heavy (non-hydrogen) atoms. The molecule has 1 heterocycles. The molecule has 1 saturated heterocycles. The predicted molar refractivity (Wildman–Crippen MR) is 73.7 cm³/mol. The maximum absolute atomic E-state index is 12.5. The smallest absolute Gasteiger partial charge is 0.180 e. The van der Waals surface area contributed by atoms with Crippen LogP contribution < -0.4 is 5.32 Å². The minimum Gasteiger partial charge on any atom is -0.313 e. The third-order valence-corrected chi connectivity index (χ3v) is 5.61. The minimum absolute atomic E-state index is 0.120. The van der Waals surface area contributed by atoms with E-state index in [2.05, 4.69) is 5.32 Å². The highest BCUT2D eigenvalue weighted by Crippen LogP contribution is 2.24. The van der Waals surface area contributed by atoms with Crippen molar-refractivity contribution >= 4 is 9.84 Å². The van der Waals surface area contributed by atoms with Gasteiger partial charge in [0, 0.05) is 6.04 Å². The summed E-state index contributed by atoms with van der Waals surface area (Å²) < 4.78 is 25.0. The number of sulfone groups is 1. The van der Waals surface area contributed by atoms with Crippen LogP contribution in [0, 0.1) is 20.8 Å². The fourth-order valence-corrected chi connectivity index (χ4v) is 4.98. The predicted octanol–water partition coefficient (Wildman–Crippen LogP) is 2.14. The molecule has 0 aromatic heterocycles. The van der Waals surface area contributed by atoms with E-state index in [4.69, 9.17) is 0 Å². The van der Waals surface area contributed by atoms with E-state index in [1.54, 1.807) is 0 Å². The van der Waals surface area contributed by atoms with E-state index >= 15 is 0 Å². The van der Waals surface area contributed by atoms with Gasteiger partial charge in [0.2, 0.25) is 0 Å². The Hall–Kier alpha value is -0.870. The molecule has 1 atom stereocenters. The molecule has 1 aliphatic rings. The van der Waals surface area contributed by atoms with Gasteiger partial charge < -0.3 is 5.32 Å². The Bertz CT molecular complexity index is 520. The van der Waals surface area contributed by atoms with Crippen molar-refractivity contribution in [1.29, 1.82) is 0 Å². The van der Waals surface area contributed by atoms with E-state index in [1.165, 1.54) is 0 Å². The fraction of sp³-hybridized carbons (Fsp3) is 0.571. The lowest BCUT2D eigenvalue weighted by Crippen LogP contribution is -2.30. The molecule has 1 fully saturated rings. The first-order valence-electron chi connectivity index (χ1n) is 6.44. The molecule has 0 saturated carbocycles. The van der Waals surface area contributed by atoms with Crippen molar-refractivity contribution in [3.05, 3.63) is 28.8 Å². The molecule has 0 spiro atoms. The minimum atomic E-state index is -3.18. The van der Waals surface area contributed by atoms with Crippen LogP contribution in [0.4, 0.5) is 0 Å². The first-order valence-corrected chi connectivity index (χ1v) is 8.09. The Labute approximate surface area is 110 Å². The molecular formula is C14H21NO2S. The van der Waals surface area contributed by atoms with Gasteiger partial charge in [-0.05, 0) is 51.3 Å². The van der Waals surface area contributed by atoms with Crippen molar-refractivity contribution in [2.24, 2.45) is 0 Å². The maximum Gasteiger partial charge on any atom is 0.180 e. The normalized spacial score (nSPS) is 20.3. The van der Waals surface area contributed by atoms with Crippen molar-refractivity contribution in [2.75, 3.05) is 12.3 Å². The molecule has 100 valence electrons. The van der Waals surface area contributed by atoms with E-state index in [9.17, 15) is 8.42 Å². The number of hydrogen-bond acceptors (Lipinski definition) is 3. The fourth-order valence-electron chi connectivity index (χ4n) is 2.90. The van der Waals surface area contributed by atoms with Gasteiger partial charge in [0.25, 0.3) is 0 Å². The summed E-state index contributed by atoms with van der Waals surface area (Å²) >= 11 is 0. The van der Waals surface area contributed by atoms with Crippen molar-refractivity contribution < 1.29 is 8.42 Å². The van der Waals surface area contributed by atoms with Crippen molar-refractivity contribution in [3.8, 4) is 0 Å². The standard InChI is InChI=1S/C14H21NO2S/c1-10-7-11(2)14(12(3)8-10)18(16,17)9-13-5-4-6-15-13/h7-8,13,15H,4-6,9H2,1-3H3/t13-/m0/s1. The second-order valence-electron chi connectivity index (χ2n) is 5.30. The average molecular weight is 267 g/mol. The SMILES string of the molecule is Cc1cc(C)c(S(=O)(=O)C[C@@H]2CCCN2)c(C)c1. The highest BCUT2D eigenvalue weighted by atomic mass is 32.2. The first-order chi connectivity index (χ1) is 8.40. The Morgan fingerprint density at radius 3 is 2.33 bits per heavy atom. The molecule has 1 N–H and O–H groups in total. The summed E-state index contributed by atoms with van der Waals surface area (Å²) in [5, 5.41) is 3.25. The zero-order valence-electron chi connectivity index (χ0n) is 11.3. The molecule has 0 amide bonds. The highest BCUT2D eigenvalue weighted by Gasteiger charge is 2.26. The van der Waals surface area contributed by atoms with Gasteiger partial charge in [-0.2, -0.15) is 0 Å². The lowest BCUT2D eigenvalue weighted by atomic mass is 10.1. The van der Waals surface area contributed by atoms with Crippen molar-refractivity contribution in [2.45, 2.75) is 44.6 Å². The summed E-state index contributed by atoms with van der Waals surface area (Å²) in [5.41, 5.74) is 2.85. The van der Waals surface area contributed by atoms with Crippen LogP contribution in [0.5, 0.6) is 0 Å². The Morgan fingerprint density at radius 2 is 1.83 bits per heavy atom. The summed E-state index contributed by atoms with van der Waals surface area (Å²) in [6, 6.07) is 4.01. The monoisotopic (exact) mass is 267 g/mol. The summed E-state index contributed by atoms with van der Waals surface area (Å²) in [7, 11) is -3.18. The second kappa shape index (κ2) is 5.02. The lowest BCUT2D eigenvalue weighted by Gasteiger charge is -2.15. The summed E-state index contributed by atoms with van der Waals surface area (Å²) in [5.74, 6) is 0.220. The number of rotatable bonds is 3. The Kier molecular flexibility index (Phi) is 3.78. The van der Waals surface area contributed by atoms with Gasteiger partial charge in [-0.15, -0.1) is 0 Å². The molecule has 0 radical (unpaired) electrons. The molecule has 0 unspecified atom stereocenters. The summed E-state index contributed by atoms with van der Waals surface area (Å²) in [6.45, 7) is 6.70. The molecule has 0 bridgehead atoms. The van der Waals surface area contributed by atoms with Crippen LogP contribution in [0.3, 0.4) is 0 Å². The van der Waals surface area contributed by atoms with E-state index in [-0.39, 0.29) is 11.8 Å². The molecule has 2 rings (SSSR count). The zero-order valence-corrected chi connectivity index (χ0v) is 12.1. The topological polar surface area (TPSA) is 46.2 Å². The van der Waals surface area contributed by atoms with Gasteiger partial charge in [-0.25, -0.2) is 8.42 Å². The lowest BCUT2D eigenvalue weighted by molar-refractivity contribution is 0.576. The van der Waals surface area contributed by atoms with Crippen LogP contribution in [0.1, 0.15) is 29.5 Å². The van der Waals surface area contributed by atoms with Gasteiger partial charge in [-0.1, -0.05) is 17.7 Å². The Balaban J connectivity index is 2.34. The van der Waals surface area contributed by atoms with Gasteiger partial charge in [0.15, 0.2) is 9.84 Å². The van der Waals surface area contributed by atoms with Gasteiger partial charge in [0.05, 0.1) is 10.6 Å². The maximum atomic E-state index is 12.5. The van der Waals surface area contributed by atoms with Crippen LogP contribution in [0.2, 0.25) is 0 Å². The first kappa shape index (κ1) is 13.6. The van der Waals surface area contributed by atoms with Crippen LogP contribution >= 0.6 is 0 Å². The van der Waals surface area contributed by atoms with Crippen LogP contribution in [0.15, 0.2) is 17.0 Å². The molecule has 1 aliphatic heterocycles. The van der Waals surface area contributed by atoms with Crippen LogP contribution in [-0.2, 0) is 9.84 Å². The van der Waals surface area contributed by atoms with Crippen LogP contribution in [-0.4, -0.2) is 26.8 Å². The van der Waals surface area contributed by atoms with Crippen molar-refractivity contribution in [1.82, 2.24) is 5.32 Å². The van der Waals surface area contributed by atoms with E-state index in [1.807, 2.05) is 32.9 Å². The zero-order chi connectivity index (χ0) is 13.3. The number of nitrogens with one attached hydrogen (secondary N) is 1. The van der Waals surface area contributed by atoms with Crippen LogP contribution in [0.25, 0.3) is 0 Å². The largest absolute Gasteiger partial charge is 0.313 e. The van der Waals surface area contributed by atoms with E-state index in [0.717, 1.165) is 36.1 Å². The summed E-state index contributed by atoms with van der Waals surface area (Å²) in [6.07, 6.45) is 2.04. The molecule has 1 aromatic carbocycles. The molecule has 4 heteroatoms. The second-order valence-corrected chi connectivity index (χ2v) is 7.27. The van der Waals surface area contributed by atoms with Crippen molar-refractivity contribution in [3.63, 3.8) is 0 Å². The van der Waals surface area contributed by atoms with Gasteiger partial charge in [0.1, 0.15) is 0 Å².